The van der Waals surface area contributed by atoms with Crippen LogP contribution in [0.3, 0.4) is 0 Å². The third kappa shape index (κ3) is 5.47. The first-order valence-corrected chi connectivity index (χ1v) is 13.4. The molecule has 1 aliphatic rings. The number of amides is 1. The van der Waals surface area contributed by atoms with Crippen molar-refractivity contribution in [3.63, 3.8) is 0 Å². The summed E-state index contributed by atoms with van der Waals surface area (Å²) in [6.45, 7) is 8.67. The van der Waals surface area contributed by atoms with Gasteiger partial charge in [-0.25, -0.2) is 5.43 Å². The smallest absolute Gasteiger partial charge is 0.307 e. The van der Waals surface area contributed by atoms with Crippen LogP contribution in [0.5, 0.6) is 5.75 Å². The minimum atomic E-state index is -0.393. The van der Waals surface area contributed by atoms with Gasteiger partial charge < -0.3 is 18.3 Å². The summed E-state index contributed by atoms with van der Waals surface area (Å²) in [7, 11) is 0. The topological polar surface area (TPSA) is 73.7 Å². The predicted octanol–water partition coefficient (Wildman–Crippen LogP) is 6.95. The van der Waals surface area contributed by atoms with Gasteiger partial charge in [-0.05, 0) is 95.1 Å². The molecule has 1 fully saturated rings. The average molecular weight is 513 g/mol. The van der Waals surface area contributed by atoms with E-state index >= 15 is 0 Å². The van der Waals surface area contributed by atoms with Gasteiger partial charge in [0.25, 0.3) is 0 Å². The lowest BCUT2D eigenvalue weighted by Crippen LogP contribution is -2.17. The van der Waals surface area contributed by atoms with Crippen molar-refractivity contribution >= 4 is 12.1 Å². The van der Waals surface area contributed by atoms with Crippen molar-refractivity contribution in [2.24, 2.45) is 5.10 Å². The second-order valence-electron chi connectivity index (χ2n) is 10.2. The highest BCUT2D eigenvalue weighted by molar-refractivity contribution is 5.92. The van der Waals surface area contributed by atoms with Crippen LogP contribution in [0.4, 0.5) is 0 Å². The van der Waals surface area contributed by atoms with Gasteiger partial charge in [0, 0.05) is 40.1 Å². The zero-order valence-corrected chi connectivity index (χ0v) is 22.7. The van der Waals surface area contributed by atoms with E-state index in [0.29, 0.717) is 11.8 Å². The van der Waals surface area contributed by atoms with E-state index in [2.05, 4.69) is 65.6 Å². The fourth-order valence-electron chi connectivity index (χ4n) is 5.55. The van der Waals surface area contributed by atoms with Gasteiger partial charge in [-0.3, -0.25) is 4.79 Å². The Labute approximate surface area is 224 Å². The van der Waals surface area contributed by atoms with Crippen molar-refractivity contribution in [1.29, 1.82) is 0 Å². The molecule has 38 heavy (non-hydrogen) atoms. The van der Waals surface area contributed by atoms with Gasteiger partial charge in [0.2, 0.25) is 0 Å². The highest BCUT2D eigenvalue weighted by Crippen LogP contribution is 2.31. The Morgan fingerprint density at radius 3 is 2.39 bits per heavy atom. The molecule has 0 unspecified atom stereocenters. The van der Waals surface area contributed by atoms with Crippen LogP contribution in [0.2, 0.25) is 0 Å². The minimum absolute atomic E-state index is 0.197. The second kappa shape index (κ2) is 11.2. The van der Waals surface area contributed by atoms with Crippen LogP contribution in [0.15, 0.2) is 64.1 Å². The number of carbonyl (C=O) groups excluding carboxylic acids is 1. The Bertz CT molecular complexity index is 1410. The summed E-state index contributed by atoms with van der Waals surface area (Å²) in [6.07, 6.45) is 8.08. The zero-order valence-electron chi connectivity index (χ0n) is 22.7. The van der Waals surface area contributed by atoms with E-state index in [1.54, 1.807) is 18.3 Å². The van der Waals surface area contributed by atoms with Crippen molar-refractivity contribution in [2.45, 2.75) is 72.4 Å². The van der Waals surface area contributed by atoms with Crippen LogP contribution in [-0.2, 0) is 6.61 Å². The molecule has 1 aromatic carbocycles. The fourth-order valence-corrected chi connectivity index (χ4v) is 5.55. The van der Waals surface area contributed by atoms with Gasteiger partial charge in [0.05, 0.1) is 6.21 Å². The summed E-state index contributed by atoms with van der Waals surface area (Å²) in [5, 5.41) is 4.19. The normalized spacial score (nSPS) is 14.3. The number of ether oxygens (including phenoxy) is 1. The molecule has 1 N–H and O–H groups in total. The maximum Gasteiger partial charge on any atom is 0.307 e. The maximum atomic E-state index is 12.6. The van der Waals surface area contributed by atoms with E-state index in [1.807, 2.05) is 24.3 Å². The van der Waals surface area contributed by atoms with E-state index < -0.39 is 5.91 Å². The molecule has 7 heteroatoms. The number of nitrogens with one attached hydrogen (secondary N) is 1. The van der Waals surface area contributed by atoms with Gasteiger partial charge in [-0.2, -0.15) is 5.10 Å². The molecular formula is C31H36N4O3. The van der Waals surface area contributed by atoms with Gasteiger partial charge in [0.1, 0.15) is 18.1 Å². The van der Waals surface area contributed by atoms with E-state index in [4.69, 9.17) is 9.15 Å². The Morgan fingerprint density at radius 1 is 0.974 bits per heavy atom. The van der Waals surface area contributed by atoms with Crippen molar-refractivity contribution < 1.29 is 13.9 Å². The first kappa shape index (κ1) is 25.6. The van der Waals surface area contributed by atoms with E-state index in [1.165, 1.54) is 54.9 Å². The van der Waals surface area contributed by atoms with E-state index in [-0.39, 0.29) is 12.4 Å². The monoisotopic (exact) mass is 512 g/mol. The summed E-state index contributed by atoms with van der Waals surface area (Å²) >= 11 is 0. The molecule has 1 saturated carbocycles. The first-order chi connectivity index (χ1) is 18.4. The zero-order chi connectivity index (χ0) is 26.6. The largest absolute Gasteiger partial charge is 0.486 e. The molecule has 3 aromatic heterocycles. The van der Waals surface area contributed by atoms with Crippen LogP contribution in [-0.4, -0.2) is 21.3 Å². The van der Waals surface area contributed by atoms with Crippen LogP contribution >= 0.6 is 0 Å². The van der Waals surface area contributed by atoms with Crippen LogP contribution < -0.4 is 10.2 Å². The quantitative estimate of drug-likeness (QED) is 0.205. The number of aromatic nitrogens is 2. The van der Waals surface area contributed by atoms with Crippen LogP contribution in [0.1, 0.15) is 82.8 Å². The van der Waals surface area contributed by atoms with Crippen molar-refractivity contribution in [3.05, 3.63) is 94.5 Å². The Balaban J connectivity index is 1.15. The third-order valence-corrected chi connectivity index (χ3v) is 7.47. The standard InChI is InChI=1S/C31H36N4O3/c1-21-10-11-22(2)34(21)27-12-14-28(15-13-27)37-20-29-16-17-30(38-29)31(36)33-32-19-25-18-23(3)35(24(25)4)26-8-6-5-7-9-26/h10-19,26H,5-9,20H2,1-4H3,(H,33,36)/b32-19+. The Hall–Kier alpha value is -4.00. The average Bonchev–Trinajstić information content (AvgIpc) is 3.61. The number of hydrogen-bond donors (Lipinski definition) is 1. The summed E-state index contributed by atoms with van der Waals surface area (Å²) in [4.78, 5) is 12.6. The molecule has 0 aliphatic heterocycles. The molecule has 1 aliphatic carbocycles. The van der Waals surface area contributed by atoms with Crippen molar-refractivity contribution in [2.75, 3.05) is 0 Å². The lowest BCUT2D eigenvalue weighted by Gasteiger charge is -2.26. The SMILES string of the molecule is Cc1ccc(C)n1-c1ccc(OCc2ccc(C(=O)N/N=C/c3cc(C)n(C4CCCCC4)c3C)o2)cc1. The predicted molar refractivity (Wildman–Crippen MR) is 149 cm³/mol. The molecule has 198 valence electrons. The lowest BCUT2D eigenvalue weighted by molar-refractivity contribution is 0.0923. The number of hydrazone groups is 1. The molecule has 5 rings (SSSR count). The summed E-state index contributed by atoms with van der Waals surface area (Å²) in [6, 6.07) is 18.2. The third-order valence-electron chi connectivity index (χ3n) is 7.47. The van der Waals surface area contributed by atoms with Gasteiger partial charge in [0.15, 0.2) is 5.76 Å². The number of carbonyl (C=O) groups is 1. The van der Waals surface area contributed by atoms with Gasteiger partial charge >= 0.3 is 5.91 Å². The van der Waals surface area contributed by atoms with Crippen molar-refractivity contribution in [1.82, 2.24) is 14.6 Å². The van der Waals surface area contributed by atoms with E-state index in [9.17, 15) is 4.79 Å². The molecule has 4 aromatic rings. The minimum Gasteiger partial charge on any atom is -0.486 e. The molecule has 0 saturated heterocycles. The highest BCUT2D eigenvalue weighted by atomic mass is 16.5. The first-order valence-electron chi connectivity index (χ1n) is 13.4. The summed E-state index contributed by atoms with van der Waals surface area (Å²) in [5.74, 6) is 1.10. The number of rotatable bonds is 8. The molecule has 0 spiro atoms. The number of aryl methyl sites for hydroxylation is 3. The molecule has 1 amide bonds. The lowest BCUT2D eigenvalue weighted by atomic mass is 9.95. The fraction of sp³-hybridized carbons (Fsp3) is 0.355. The number of benzene rings is 1. The van der Waals surface area contributed by atoms with Crippen molar-refractivity contribution in [3.8, 4) is 11.4 Å². The second-order valence-corrected chi connectivity index (χ2v) is 10.2. The highest BCUT2D eigenvalue weighted by Gasteiger charge is 2.19. The Kier molecular flexibility index (Phi) is 7.54. The number of nitrogens with zero attached hydrogens (tertiary/aromatic N) is 3. The molecular weight excluding hydrogens is 476 g/mol. The summed E-state index contributed by atoms with van der Waals surface area (Å²) in [5.41, 5.74) is 9.49. The molecule has 7 nitrogen and oxygen atoms in total. The molecule has 0 bridgehead atoms. The van der Waals surface area contributed by atoms with Crippen LogP contribution in [0, 0.1) is 27.7 Å². The number of hydrogen-bond acceptors (Lipinski definition) is 4. The summed E-state index contributed by atoms with van der Waals surface area (Å²) < 4.78 is 16.2. The molecule has 0 atom stereocenters. The number of furan rings is 1. The van der Waals surface area contributed by atoms with Gasteiger partial charge in [-0.15, -0.1) is 0 Å². The Morgan fingerprint density at radius 2 is 1.68 bits per heavy atom. The van der Waals surface area contributed by atoms with E-state index in [0.717, 1.165) is 17.0 Å². The molecule has 3 heterocycles. The van der Waals surface area contributed by atoms with Gasteiger partial charge in [-0.1, -0.05) is 19.3 Å². The molecule has 0 radical (unpaired) electrons. The maximum absolute atomic E-state index is 12.6. The van der Waals surface area contributed by atoms with Crippen LogP contribution in [0.25, 0.3) is 5.69 Å².